The zero-order valence-electron chi connectivity index (χ0n) is 14.4. The van der Waals surface area contributed by atoms with Crippen LogP contribution >= 0.6 is 0 Å². The van der Waals surface area contributed by atoms with Crippen LogP contribution in [-0.2, 0) is 4.79 Å². The Labute approximate surface area is 138 Å². The van der Waals surface area contributed by atoms with Crippen LogP contribution in [0.1, 0.15) is 50.9 Å². The van der Waals surface area contributed by atoms with Crippen molar-refractivity contribution in [2.24, 2.45) is 5.92 Å². The van der Waals surface area contributed by atoms with Gasteiger partial charge in [0.25, 0.3) is 11.8 Å². The van der Waals surface area contributed by atoms with Gasteiger partial charge in [-0.1, -0.05) is 32.8 Å². The van der Waals surface area contributed by atoms with E-state index in [0.29, 0.717) is 29.5 Å². The minimum absolute atomic E-state index is 0.0420. The summed E-state index contributed by atoms with van der Waals surface area (Å²) in [6.45, 7) is 9.37. The van der Waals surface area contributed by atoms with Crippen LogP contribution in [0.5, 0.6) is 5.75 Å². The molecule has 1 aromatic carbocycles. The Morgan fingerprint density at radius 2 is 2.00 bits per heavy atom. The predicted octanol–water partition coefficient (Wildman–Crippen LogP) is 3.30. The first-order chi connectivity index (χ1) is 11.0. The first kappa shape index (κ1) is 17.3. The van der Waals surface area contributed by atoms with E-state index in [0.717, 1.165) is 19.4 Å². The van der Waals surface area contributed by atoms with Gasteiger partial charge in [-0.15, -0.1) is 0 Å². The summed E-state index contributed by atoms with van der Waals surface area (Å²) in [5.41, 5.74) is 1.08. The molecule has 1 aliphatic heterocycles. The summed E-state index contributed by atoms with van der Waals surface area (Å²) in [6.07, 6.45) is 1.51. The maximum absolute atomic E-state index is 12.9. The Hall–Kier alpha value is -2.04. The van der Waals surface area contributed by atoms with Crippen LogP contribution in [0.2, 0.25) is 0 Å². The van der Waals surface area contributed by atoms with Crippen LogP contribution in [-0.4, -0.2) is 35.9 Å². The maximum atomic E-state index is 12.9. The smallest absolute Gasteiger partial charge is 0.265 e. The van der Waals surface area contributed by atoms with Gasteiger partial charge in [-0.25, -0.2) is 0 Å². The first-order valence-corrected chi connectivity index (χ1v) is 8.41. The third kappa shape index (κ3) is 3.66. The van der Waals surface area contributed by atoms with Crippen molar-refractivity contribution < 1.29 is 14.3 Å². The van der Waals surface area contributed by atoms with Gasteiger partial charge in [0, 0.05) is 13.1 Å². The fraction of sp³-hybridized carbons (Fsp3) is 0.556. The molecule has 126 valence electrons. The van der Waals surface area contributed by atoms with Gasteiger partial charge < -0.3 is 15.0 Å². The van der Waals surface area contributed by atoms with Crippen molar-refractivity contribution in [1.29, 1.82) is 0 Å². The lowest BCUT2D eigenvalue weighted by Crippen LogP contribution is -2.38. The number of fused-ring (bicyclic) bond motifs is 1. The Balaban J connectivity index is 2.28. The quantitative estimate of drug-likeness (QED) is 0.875. The van der Waals surface area contributed by atoms with E-state index in [2.05, 4.69) is 19.2 Å². The van der Waals surface area contributed by atoms with Gasteiger partial charge in [-0.2, -0.15) is 0 Å². The molecular formula is C18H26N2O3. The summed E-state index contributed by atoms with van der Waals surface area (Å²) in [7, 11) is 0. The van der Waals surface area contributed by atoms with Crippen molar-refractivity contribution >= 4 is 17.5 Å². The monoisotopic (exact) mass is 318 g/mol. The van der Waals surface area contributed by atoms with Crippen LogP contribution in [0, 0.1) is 5.92 Å². The lowest BCUT2D eigenvalue weighted by molar-refractivity contribution is -0.122. The van der Waals surface area contributed by atoms with E-state index >= 15 is 0 Å². The lowest BCUT2D eigenvalue weighted by atomic mass is 10.0. The maximum Gasteiger partial charge on any atom is 0.265 e. The number of rotatable bonds is 6. The Kier molecular flexibility index (Phi) is 5.64. The van der Waals surface area contributed by atoms with Crippen LogP contribution in [0.15, 0.2) is 18.2 Å². The molecule has 0 radical (unpaired) electrons. The average Bonchev–Trinajstić information content (AvgIpc) is 2.56. The SMILES string of the molecule is CCC(CC)CN(CC)C(=O)c1cccc2c1OC(C)C(=O)N2. The number of ether oxygens (including phenoxy) is 1. The molecule has 0 saturated carbocycles. The van der Waals surface area contributed by atoms with Crippen molar-refractivity contribution in [2.45, 2.75) is 46.6 Å². The number of amides is 2. The third-order valence-electron chi connectivity index (χ3n) is 4.47. The Morgan fingerprint density at radius 3 is 2.61 bits per heavy atom. The van der Waals surface area contributed by atoms with Crippen molar-refractivity contribution in [3.05, 3.63) is 23.8 Å². The van der Waals surface area contributed by atoms with Crippen molar-refractivity contribution in [3.63, 3.8) is 0 Å². The van der Waals surface area contributed by atoms with E-state index in [4.69, 9.17) is 4.74 Å². The highest BCUT2D eigenvalue weighted by Gasteiger charge is 2.29. The van der Waals surface area contributed by atoms with E-state index < -0.39 is 6.10 Å². The molecule has 0 aliphatic carbocycles. The minimum atomic E-state index is -0.592. The van der Waals surface area contributed by atoms with Gasteiger partial charge in [-0.3, -0.25) is 9.59 Å². The van der Waals surface area contributed by atoms with Crippen LogP contribution in [0.4, 0.5) is 5.69 Å². The summed E-state index contributed by atoms with van der Waals surface area (Å²) in [5, 5.41) is 2.79. The average molecular weight is 318 g/mol. The molecule has 1 aromatic rings. The molecule has 0 aromatic heterocycles. The van der Waals surface area contributed by atoms with Crippen LogP contribution < -0.4 is 10.1 Å². The topological polar surface area (TPSA) is 58.6 Å². The molecule has 0 saturated heterocycles. The van der Waals surface area contributed by atoms with Gasteiger partial charge >= 0.3 is 0 Å². The van der Waals surface area contributed by atoms with E-state index in [1.165, 1.54) is 0 Å². The van der Waals surface area contributed by atoms with Crippen LogP contribution in [0.25, 0.3) is 0 Å². The fourth-order valence-corrected chi connectivity index (χ4v) is 2.78. The summed E-state index contributed by atoms with van der Waals surface area (Å²) in [4.78, 5) is 26.5. The second-order valence-electron chi connectivity index (χ2n) is 5.96. The molecule has 1 unspecified atom stereocenters. The number of nitrogens with one attached hydrogen (secondary N) is 1. The van der Waals surface area contributed by atoms with E-state index in [1.807, 2.05) is 11.8 Å². The number of anilines is 1. The third-order valence-corrected chi connectivity index (χ3v) is 4.47. The molecule has 2 rings (SSSR count). The zero-order valence-corrected chi connectivity index (χ0v) is 14.4. The number of carbonyl (C=O) groups excluding carboxylic acids is 2. The van der Waals surface area contributed by atoms with E-state index in [-0.39, 0.29) is 11.8 Å². The lowest BCUT2D eigenvalue weighted by Gasteiger charge is -2.29. The van der Waals surface area contributed by atoms with Crippen molar-refractivity contribution in [3.8, 4) is 5.75 Å². The molecule has 0 bridgehead atoms. The summed E-state index contributed by atoms with van der Waals surface area (Å²) in [6, 6.07) is 5.30. The normalized spacial score (nSPS) is 16.6. The summed E-state index contributed by atoms with van der Waals surface area (Å²) < 4.78 is 5.69. The zero-order chi connectivity index (χ0) is 17.0. The summed E-state index contributed by atoms with van der Waals surface area (Å²) >= 11 is 0. The molecular weight excluding hydrogens is 292 g/mol. The van der Waals surface area contributed by atoms with E-state index in [9.17, 15) is 9.59 Å². The highest BCUT2D eigenvalue weighted by atomic mass is 16.5. The predicted molar refractivity (Wildman–Crippen MR) is 90.8 cm³/mol. The number of hydrogen-bond acceptors (Lipinski definition) is 3. The number of hydrogen-bond donors (Lipinski definition) is 1. The molecule has 1 heterocycles. The molecule has 0 fully saturated rings. The first-order valence-electron chi connectivity index (χ1n) is 8.41. The van der Waals surface area contributed by atoms with Gasteiger partial charge in [0.15, 0.2) is 11.9 Å². The Bertz CT molecular complexity index is 582. The number of nitrogens with zero attached hydrogens (tertiary/aromatic N) is 1. The van der Waals surface area contributed by atoms with Gasteiger partial charge in [0.2, 0.25) is 0 Å². The number of para-hydroxylation sites is 1. The molecule has 5 heteroatoms. The number of benzene rings is 1. The largest absolute Gasteiger partial charge is 0.478 e. The molecule has 1 aliphatic rings. The molecule has 5 nitrogen and oxygen atoms in total. The van der Waals surface area contributed by atoms with Gasteiger partial charge in [0.1, 0.15) is 0 Å². The second kappa shape index (κ2) is 7.49. The van der Waals surface area contributed by atoms with Gasteiger partial charge in [-0.05, 0) is 31.9 Å². The molecule has 23 heavy (non-hydrogen) atoms. The molecule has 1 N–H and O–H groups in total. The molecule has 0 spiro atoms. The Morgan fingerprint density at radius 1 is 1.30 bits per heavy atom. The summed E-state index contributed by atoms with van der Waals surface area (Å²) in [5.74, 6) is 0.747. The van der Waals surface area contributed by atoms with Crippen molar-refractivity contribution in [2.75, 3.05) is 18.4 Å². The highest BCUT2D eigenvalue weighted by Crippen LogP contribution is 2.34. The number of carbonyl (C=O) groups is 2. The van der Waals surface area contributed by atoms with E-state index in [1.54, 1.807) is 25.1 Å². The van der Waals surface area contributed by atoms with Crippen LogP contribution in [0.3, 0.4) is 0 Å². The minimum Gasteiger partial charge on any atom is -0.478 e. The second-order valence-corrected chi connectivity index (χ2v) is 5.96. The molecule has 1 atom stereocenters. The standard InChI is InChI=1S/C18H26N2O3/c1-5-13(6-2)11-20(7-3)18(22)14-9-8-10-15-16(14)23-12(4)17(21)19-15/h8-10,12-13H,5-7,11H2,1-4H3,(H,19,21). The molecule has 2 amide bonds. The fourth-order valence-electron chi connectivity index (χ4n) is 2.78. The van der Waals surface area contributed by atoms with Gasteiger partial charge in [0.05, 0.1) is 11.3 Å². The van der Waals surface area contributed by atoms with Crippen molar-refractivity contribution in [1.82, 2.24) is 4.90 Å². The highest BCUT2D eigenvalue weighted by molar-refractivity contribution is 6.04.